The number of pyridine rings is 1. The van der Waals surface area contributed by atoms with Gasteiger partial charge in [0.1, 0.15) is 0 Å². The largest absolute Gasteiger partial charge is 0.475 e. The number of hydrogen-bond acceptors (Lipinski definition) is 7. The molecule has 0 radical (unpaired) electrons. The van der Waals surface area contributed by atoms with Crippen LogP contribution in [0.1, 0.15) is 31.4 Å². The minimum Gasteiger partial charge on any atom is -0.475 e. The summed E-state index contributed by atoms with van der Waals surface area (Å²) in [6, 6.07) is 13.8. The highest BCUT2D eigenvalue weighted by atomic mass is 16.7. The van der Waals surface area contributed by atoms with E-state index >= 15 is 0 Å². The first-order valence-corrected chi connectivity index (χ1v) is 10.8. The zero-order valence-electron chi connectivity index (χ0n) is 18.6. The Balaban J connectivity index is 1.64. The topological polar surface area (TPSA) is 79.6 Å². The summed E-state index contributed by atoms with van der Waals surface area (Å²) in [5.41, 5.74) is 2.78. The second kappa shape index (κ2) is 11.7. The molecule has 2 aromatic rings. The van der Waals surface area contributed by atoms with E-state index in [9.17, 15) is 0 Å². The Hall–Kier alpha value is -2.66. The molecule has 1 saturated heterocycles. The third-order valence-corrected chi connectivity index (χ3v) is 5.05. The maximum absolute atomic E-state index is 9.10. The molecule has 3 rings (SSSR count). The van der Waals surface area contributed by atoms with E-state index in [0.717, 1.165) is 30.8 Å². The third-order valence-electron chi connectivity index (χ3n) is 5.05. The molecule has 2 heterocycles. The fraction of sp³-hybridized carbons (Fsp3) is 0.500. The van der Waals surface area contributed by atoms with E-state index in [-0.39, 0.29) is 12.4 Å². The molecule has 1 aliphatic rings. The Morgan fingerprint density at radius 2 is 1.94 bits per heavy atom. The first-order valence-electron chi connectivity index (χ1n) is 10.8. The number of nitrogens with zero attached hydrogens (tertiary/aromatic N) is 3. The van der Waals surface area contributed by atoms with Gasteiger partial charge in [-0.1, -0.05) is 6.07 Å². The average molecular weight is 425 g/mol. The molecule has 1 aromatic carbocycles. The smallest absolute Gasteiger partial charge is 0.213 e. The van der Waals surface area contributed by atoms with Crippen molar-refractivity contribution in [2.75, 3.05) is 38.3 Å². The Labute approximate surface area is 184 Å². The normalized spacial score (nSPS) is 18.5. The van der Waals surface area contributed by atoms with Crippen LogP contribution in [0.5, 0.6) is 5.88 Å². The van der Waals surface area contributed by atoms with Crippen LogP contribution in [0.15, 0.2) is 42.6 Å². The van der Waals surface area contributed by atoms with Gasteiger partial charge in [0.2, 0.25) is 5.88 Å². The zero-order chi connectivity index (χ0) is 22.1. The van der Waals surface area contributed by atoms with Crippen molar-refractivity contribution in [1.82, 2.24) is 10.3 Å². The summed E-state index contributed by atoms with van der Waals surface area (Å²) < 4.78 is 17.5. The van der Waals surface area contributed by atoms with Gasteiger partial charge in [0, 0.05) is 49.9 Å². The van der Waals surface area contributed by atoms with E-state index in [1.807, 2.05) is 63.5 Å². The number of benzene rings is 1. The van der Waals surface area contributed by atoms with Gasteiger partial charge in [0.05, 0.1) is 31.0 Å². The van der Waals surface area contributed by atoms with Crippen molar-refractivity contribution in [3.63, 3.8) is 0 Å². The predicted octanol–water partition coefficient (Wildman–Crippen LogP) is 3.35. The molecule has 1 aliphatic heterocycles. The number of ether oxygens (including phenoxy) is 3. The van der Waals surface area contributed by atoms with E-state index < -0.39 is 0 Å². The van der Waals surface area contributed by atoms with Gasteiger partial charge in [-0.3, -0.25) is 0 Å². The number of rotatable bonds is 10. The summed E-state index contributed by atoms with van der Waals surface area (Å²) in [7, 11) is 1.94. The van der Waals surface area contributed by atoms with Gasteiger partial charge >= 0.3 is 0 Å². The fourth-order valence-electron chi connectivity index (χ4n) is 3.50. The molecule has 0 spiro atoms. The van der Waals surface area contributed by atoms with Crippen LogP contribution in [0.2, 0.25) is 0 Å². The Morgan fingerprint density at radius 3 is 2.52 bits per heavy atom. The molecule has 1 fully saturated rings. The van der Waals surface area contributed by atoms with Crippen molar-refractivity contribution in [3.05, 3.63) is 53.7 Å². The lowest BCUT2D eigenvalue weighted by Crippen LogP contribution is -2.38. The van der Waals surface area contributed by atoms with E-state index in [1.54, 1.807) is 0 Å². The number of nitriles is 1. The molecule has 0 saturated carbocycles. The highest BCUT2D eigenvalue weighted by Crippen LogP contribution is 2.21. The van der Waals surface area contributed by atoms with Crippen LogP contribution in [-0.4, -0.2) is 50.7 Å². The van der Waals surface area contributed by atoms with Gasteiger partial charge in [0.25, 0.3) is 0 Å². The van der Waals surface area contributed by atoms with Crippen molar-refractivity contribution in [3.8, 4) is 11.9 Å². The SMILES string of the molecule is CNCC1COC(CCN(Cc2ccc(OC(C)C)nc2)c2ccc(C#N)cc2)OC1. The highest BCUT2D eigenvalue weighted by Gasteiger charge is 2.22. The molecule has 1 N–H and O–H groups in total. The first-order chi connectivity index (χ1) is 15.1. The van der Waals surface area contributed by atoms with Crippen molar-refractivity contribution >= 4 is 5.69 Å². The lowest BCUT2D eigenvalue weighted by atomic mass is 10.1. The lowest BCUT2D eigenvalue weighted by Gasteiger charge is -2.32. The molecule has 31 heavy (non-hydrogen) atoms. The first kappa shape index (κ1) is 23.0. The monoisotopic (exact) mass is 424 g/mol. The molecular formula is C24H32N4O3. The van der Waals surface area contributed by atoms with Crippen LogP contribution in [0, 0.1) is 17.2 Å². The number of nitrogens with one attached hydrogen (secondary N) is 1. The zero-order valence-corrected chi connectivity index (χ0v) is 18.6. The van der Waals surface area contributed by atoms with E-state index in [4.69, 9.17) is 19.5 Å². The summed E-state index contributed by atoms with van der Waals surface area (Å²) in [5.74, 6) is 1.03. The summed E-state index contributed by atoms with van der Waals surface area (Å²) in [6.45, 7) is 7.74. The Morgan fingerprint density at radius 1 is 1.19 bits per heavy atom. The van der Waals surface area contributed by atoms with Crippen molar-refractivity contribution in [2.24, 2.45) is 5.92 Å². The van der Waals surface area contributed by atoms with Crippen LogP contribution in [0.4, 0.5) is 5.69 Å². The second-order valence-corrected chi connectivity index (χ2v) is 8.06. The number of aromatic nitrogens is 1. The Kier molecular flexibility index (Phi) is 8.65. The molecule has 0 bridgehead atoms. The van der Waals surface area contributed by atoms with Crippen molar-refractivity contribution in [1.29, 1.82) is 5.26 Å². The lowest BCUT2D eigenvalue weighted by molar-refractivity contribution is -0.200. The van der Waals surface area contributed by atoms with Gasteiger partial charge in [-0.15, -0.1) is 0 Å². The van der Waals surface area contributed by atoms with E-state index in [0.29, 0.717) is 37.1 Å². The summed E-state index contributed by atoms with van der Waals surface area (Å²) >= 11 is 0. The second-order valence-electron chi connectivity index (χ2n) is 8.06. The van der Waals surface area contributed by atoms with Crippen LogP contribution in [0.3, 0.4) is 0 Å². The standard InChI is InChI=1S/C24H32N4O3/c1-18(2)31-23-9-6-20(14-27-23)15-28(22-7-4-19(12-25)5-8-22)11-10-24-29-16-21(13-26-3)17-30-24/h4-9,14,18,21,24,26H,10-11,13,15-17H2,1-3H3. The molecule has 0 atom stereocenters. The van der Waals surface area contributed by atoms with Crippen LogP contribution < -0.4 is 15.0 Å². The van der Waals surface area contributed by atoms with E-state index in [1.165, 1.54) is 0 Å². The molecule has 7 nitrogen and oxygen atoms in total. The number of anilines is 1. The maximum atomic E-state index is 9.10. The Bertz CT molecular complexity index is 825. The summed E-state index contributed by atoms with van der Waals surface area (Å²) in [4.78, 5) is 6.68. The summed E-state index contributed by atoms with van der Waals surface area (Å²) in [5, 5.41) is 12.3. The minimum atomic E-state index is -0.200. The van der Waals surface area contributed by atoms with Crippen molar-refractivity contribution < 1.29 is 14.2 Å². The van der Waals surface area contributed by atoms with Crippen LogP contribution in [-0.2, 0) is 16.0 Å². The molecule has 0 unspecified atom stereocenters. The van der Waals surface area contributed by atoms with Gasteiger partial charge in [0.15, 0.2) is 6.29 Å². The summed E-state index contributed by atoms with van der Waals surface area (Å²) in [6.07, 6.45) is 2.50. The van der Waals surface area contributed by atoms with Crippen LogP contribution >= 0.6 is 0 Å². The molecule has 1 aromatic heterocycles. The van der Waals surface area contributed by atoms with Crippen molar-refractivity contribution in [2.45, 2.75) is 39.2 Å². The van der Waals surface area contributed by atoms with Gasteiger partial charge in [-0.05, 0) is 50.7 Å². The molecule has 7 heteroatoms. The molecule has 0 aliphatic carbocycles. The molecule has 166 valence electrons. The fourth-order valence-corrected chi connectivity index (χ4v) is 3.50. The predicted molar refractivity (Wildman–Crippen MR) is 120 cm³/mol. The number of hydrogen-bond donors (Lipinski definition) is 1. The highest BCUT2D eigenvalue weighted by molar-refractivity contribution is 5.50. The third kappa shape index (κ3) is 7.21. The average Bonchev–Trinajstić information content (AvgIpc) is 2.79. The van der Waals surface area contributed by atoms with Gasteiger partial charge in [-0.25, -0.2) is 4.98 Å². The molecule has 0 amide bonds. The molecular weight excluding hydrogens is 392 g/mol. The quantitative estimate of drug-likeness (QED) is 0.626. The van der Waals surface area contributed by atoms with E-state index in [2.05, 4.69) is 21.3 Å². The van der Waals surface area contributed by atoms with Gasteiger partial charge in [-0.2, -0.15) is 5.26 Å². The minimum absolute atomic E-state index is 0.0942. The van der Waals surface area contributed by atoms with Crippen LogP contribution in [0.25, 0.3) is 0 Å². The van der Waals surface area contributed by atoms with Gasteiger partial charge < -0.3 is 24.4 Å². The maximum Gasteiger partial charge on any atom is 0.213 e.